The van der Waals surface area contributed by atoms with E-state index in [1.54, 1.807) is 26.3 Å². The molecule has 0 saturated carbocycles. The maximum absolute atomic E-state index is 16.0. The highest BCUT2D eigenvalue weighted by atomic mass is 19.1. The molecule has 2 bridgehead atoms. The molecule has 1 aromatic carbocycles. The number of likely N-dealkylation sites (N-methyl/N-ethyl adjacent to an activating group) is 1. The topological polar surface area (TPSA) is 49.9 Å². The molecular weight excluding hydrogens is 299 g/mol. The average molecular weight is 316 g/mol. The van der Waals surface area contributed by atoms with Crippen LogP contribution in [0, 0.1) is 0 Å². The number of benzene rings is 1. The fourth-order valence-corrected chi connectivity index (χ4v) is 4.26. The Balaban J connectivity index is 1.95. The van der Waals surface area contributed by atoms with Crippen molar-refractivity contribution in [1.82, 2.24) is 9.80 Å². The van der Waals surface area contributed by atoms with Crippen LogP contribution in [0.5, 0.6) is 5.75 Å². The molecule has 5 rings (SSSR count). The zero-order valence-corrected chi connectivity index (χ0v) is 13.1. The minimum atomic E-state index is -2.13. The molecule has 0 N–H and O–H groups in total. The number of halogens is 1. The van der Waals surface area contributed by atoms with Gasteiger partial charge in [-0.05, 0) is 23.3 Å². The molecule has 1 heterocycles. The number of nitrogens with zero attached hydrogens (tertiary/aromatic N) is 2. The number of allylic oxidation sites excluding steroid dienone is 1. The molecular formula is C17H17FN2O3. The second kappa shape index (κ2) is 4.34. The van der Waals surface area contributed by atoms with E-state index in [1.165, 1.54) is 11.9 Å². The Bertz CT molecular complexity index is 762. The van der Waals surface area contributed by atoms with Crippen molar-refractivity contribution in [2.45, 2.75) is 23.5 Å². The highest BCUT2D eigenvalue weighted by Gasteiger charge is 2.66. The lowest BCUT2D eigenvalue weighted by Gasteiger charge is -2.55. The predicted molar refractivity (Wildman–Crippen MR) is 81.2 cm³/mol. The second-order valence-corrected chi connectivity index (χ2v) is 6.35. The largest absolute Gasteiger partial charge is 0.497 e. The molecule has 1 aliphatic heterocycles. The van der Waals surface area contributed by atoms with Crippen molar-refractivity contribution in [3.05, 3.63) is 41.5 Å². The van der Waals surface area contributed by atoms with Crippen molar-refractivity contribution in [1.29, 1.82) is 0 Å². The Morgan fingerprint density at radius 1 is 1.17 bits per heavy atom. The standard InChI is InChI=1S/C17H17FN2O3/c1-19-14-11-6-7-13(10-5-4-9(23-3)8-12(10)11)17(14,18)15(21)20(2)16(19)22/h4-8,11,13-14H,1-3H3/t11-,13+,14+,17+/m0/s1. The summed E-state index contributed by atoms with van der Waals surface area (Å²) in [7, 11) is 4.46. The summed E-state index contributed by atoms with van der Waals surface area (Å²) < 4.78 is 21.2. The Morgan fingerprint density at radius 2 is 1.91 bits per heavy atom. The zero-order chi connectivity index (χ0) is 16.5. The molecule has 1 aromatic rings. The van der Waals surface area contributed by atoms with E-state index in [0.29, 0.717) is 5.75 Å². The van der Waals surface area contributed by atoms with E-state index < -0.39 is 29.6 Å². The van der Waals surface area contributed by atoms with Gasteiger partial charge < -0.3 is 9.64 Å². The zero-order valence-electron chi connectivity index (χ0n) is 13.1. The van der Waals surface area contributed by atoms with Gasteiger partial charge in [-0.15, -0.1) is 0 Å². The van der Waals surface area contributed by atoms with E-state index in [2.05, 4.69) is 0 Å². The first kappa shape index (κ1) is 14.2. The number of ether oxygens (including phenoxy) is 1. The van der Waals surface area contributed by atoms with Gasteiger partial charge in [0.05, 0.1) is 13.2 Å². The summed E-state index contributed by atoms with van der Waals surface area (Å²) in [4.78, 5) is 27.1. The van der Waals surface area contributed by atoms with Crippen LogP contribution in [0.15, 0.2) is 30.4 Å². The summed E-state index contributed by atoms with van der Waals surface area (Å²) in [5.74, 6) is -1.13. The molecule has 3 amide bonds. The lowest BCUT2D eigenvalue weighted by atomic mass is 9.59. The molecule has 4 aliphatic rings. The summed E-state index contributed by atoms with van der Waals surface area (Å²) >= 11 is 0. The van der Waals surface area contributed by atoms with E-state index in [1.807, 2.05) is 18.2 Å². The molecule has 1 saturated heterocycles. The van der Waals surface area contributed by atoms with Crippen LogP contribution in [0.1, 0.15) is 23.0 Å². The number of amides is 3. The van der Waals surface area contributed by atoms with Crippen LogP contribution in [-0.4, -0.2) is 54.7 Å². The number of hydrogen-bond acceptors (Lipinski definition) is 3. The Hall–Kier alpha value is -2.37. The fraction of sp³-hybridized carbons (Fsp3) is 0.412. The van der Waals surface area contributed by atoms with Crippen molar-refractivity contribution in [2.24, 2.45) is 0 Å². The van der Waals surface area contributed by atoms with E-state index in [-0.39, 0.29) is 5.92 Å². The number of carbonyl (C=O) groups is 2. The molecule has 4 atom stereocenters. The smallest absolute Gasteiger partial charge is 0.326 e. The van der Waals surface area contributed by atoms with E-state index in [0.717, 1.165) is 16.0 Å². The molecule has 0 unspecified atom stereocenters. The van der Waals surface area contributed by atoms with Crippen LogP contribution in [0.2, 0.25) is 0 Å². The third-order valence-electron chi connectivity index (χ3n) is 5.36. The average Bonchev–Trinajstić information content (AvgIpc) is 2.58. The third kappa shape index (κ3) is 1.51. The van der Waals surface area contributed by atoms with Crippen molar-refractivity contribution in [3.8, 4) is 5.75 Å². The fourth-order valence-electron chi connectivity index (χ4n) is 4.26. The van der Waals surface area contributed by atoms with Gasteiger partial charge in [0.15, 0.2) is 0 Å². The van der Waals surface area contributed by atoms with Crippen LogP contribution in [0.4, 0.5) is 9.18 Å². The van der Waals surface area contributed by atoms with Gasteiger partial charge >= 0.3 is 6.03 Å². The van der Waals surface area contributed by atoms with Crippen molar-refractivity contribution >= 4 is 11.9 Å². The number of methoxy groups -OCH3 is 1. The van der Waals surface area contributed by atoms with Gasteiger partial charge in [-0.1, -0.05) is 18.2 Å². The first-order valence-electron chi connectivity index (χ1n) is 7.51. The number of hydrogen-bond donors (Lipinski definition) is 0. The van der Waals surface area contributed by atoms with E-state index >= 15 is 4.39 Å². The van der Waals surface area contributed by atoms with Crippen LogP contribution < -0.4 is 4.74 Å². The van der Waals surface area contributed by atoms with Gasteiger partial charge in [0.1, 0.15) is 5.75 Å². The van der Waals surface area contributed by atoms with Crippen LogP contribution in [-0.2, 0) is 4.79 Å². The van der Waals surface area contributed by atoms with Gasteiger partial charge in [0.2, 0.25) is 5.67 Å². The highest BCUT2D eigenvalue weighted by molar-refractivity contribution is 6.03. The summed E-state index contributed by atoms with van der Waals surface area (Å²) in [6.07, 6.45) is 3.66. The SMILES string of the molecule is COc1ccc2c(c1)[C@@H]1C=C[C@H]2[C@]2(F)C(=O)N(C)C(=O)N(C)[C@H]12. The number of carbonyl (C=O) groups excluding carboxylic acids is 2. The molecule has 0 spiro atoms. The minimum Gasteiger partial charge on any atom is -0.497 e. The minimum absolute atomic E-state index is 0.360. The third-order valence-corrected chi connectivity index (χ3v) is 5.36. The monoisotopic (exact) mass is 316 g/mol. The molecule has 3 aliphatic carbocycles. The molecule has 6 heteroatoms. The summed E-state index contributed by atoms with van der Waals surface area (Å²) in [6, 6.07) is 4.16. The maximum Gasteiger partial charge on any atom is 0.326 e. The predicted octanol–water partition coefficient (Wildman–Crippen LogP) is 2.05. The molecule has 5 nitrogen and oxygen atoms in total. The maximum atomic E-state index is 16.0. The Labute approximate surface area is 133 Å². The van der Waals surface area contributed by atoms with E-state index in [4.69, 9.17) is 4.74 Å². The van der Waals surface area contributed by atoms with E-state index in [9.17, 15) is 9.59 Å². The molecule has 1 fully saturated rings. The highest BCUT2D eigenvalue weighted by Crippen LogP contribution is 2.56. The lowest BCUT2D eigenvalue weighted by Crippen LogP contribution is -2.72. The van der Waals surface area contributed by atoms with Crippen LogP contribution in [0.25, 0.3) is 0 Å². The molecule has 0 radical (unpaired) electrons. The quantitative estimate of drug-likeness (QED) is 0.745. The van der Waals surface area contributed by atoms with Gasteiger partial charge in [0.25, 0.3) is 5.91 Å². The first-order valence-corrected chi connectivity index (χ1v) is 7.51. The summed E-state index contributed by atoms with van der Waals surface area (Å²) in [5, 5.41) is 0. The molecule has 120 valence electrons. The van der Waals surface area contributed by atoms with Crippen LogP contribution in [0.3, 0.4) is 0 Å². The number of urea groups is 1. The lowest BCUT2D eigenvalue weighted by molar-refractivity contribution is -0.153. The number of alkyl halides is 1. The van der Waals surface area contributed by atoms with Crippen molar-refractivity contribution < 1.29 is 18.7 Å². The van der Waals surface area contributed by atoms with Crippen LogP contribution >= 0.6 is 0 Å². The van der Waals surface area contributed by atoms with Crippen molar-refractivity contribution in [2.75, 3.05) is 21.2 Å². The first-order chi connectivity index (χ1) is 10.9. The number of rotatable bonds is 1. The van der Waals surface area contributed by atoms with Gasteiger partial charge in [-0.25, -0.2) is 9.18 Å². The summed E-state index contributed by atoms with van der Waals surface area (Å²) in [5.41, 5.74) is -0.410. The second-order valence-electron chi connectivity index (χ2n) is 6.35. The van der Waals surface area contributed by atoms with Gasteiger partial charge in [-0.2, -0.15) is 0 Å². The molecule has 23 heavy (non-hydrogen) atoms. The van der Waals surface area contributed by atoms with Gasteiger partial charge in [-0.3, -0.25) is 9.69 Å². The normalized spacial score (nSPS) is 34.5. The summed E-state index contributed by atoms with van der Waals surface area (Å²) in [6.45, 7) is 0. The van der Waals surface area contributed by atoms with Gasteiger partial charge in [0, 0.05) is 25.9 Å². The Kier molecular flexibility index (Phi) is 2.69. The molecule has 0 aromatic heterocycles. The van der Waals surface area contributed by atoms with Crippen molar-refractivity contribution in [3.63, 3.8) is 0 Å². The number of imide groups is 1. The Morgan fingerprint density at radius 3 is 2.61 bits per heavy atom.